The molecule has 13 nitrogen and oxygen atoms in total. The number of nitrogens with zero attached hydrogens (tertiary/aromatic N) is 5. The number of ether oxygens (including phenoxy) is 4. The fourth-order valence-corrected chi connectivity index (χ4v) is 5.04. The predicted molar refractivity (Wildman–Crippen MR) is 191 cm³/mol. The summed E-state index contributed by atoms with van der Waals surface area (Å²) in [6, 6.07) is 8.97. The summed E-state index contributed by atoms with van der Waals surface area (Å²) in [6.45, 7) is 24.0. The van der Waals surface area contributed by atoms with Gasteiger partial charge in [-0.3, -0.25) is 0 Å². The number of fused-ring (bicyclic) bond motifs is 2. The first-order valence-corrected chi connectivity index (χ1v) is 16.6. The van der Waals surface area contributed by atoms with E-state index in [0.29, 0.717) is 16.1 Å². The van der Waals surface area contributed by atoms with Gasteiger partial charge in [0.05, 0.1) is 11.2 Å². The SMILES string of the molecule is CCc1ccc2c(c1)cc(-c1cc(N(C(=O)OC(C)(C)C)C(=O)OC(C)(C)C)nc3c1nc(C)n3C(=O)OC(C)(C)C)n2C(=O)OC(C)(C)C. The standard InChI is InChI=1S/C37H49N5O8/c1-15-22-16-17-25-23(18-22)19-26(41(25)31(44)48-35(6,7)8)24-20-27(42(32(45)49-36(9,10)11)33(46)50-37(12,13)14)39-29-28(24)38-21(2)40(29)30(43)47-34(3,4)5/h16-20H,15H2,1-14H3. The minimum Gasteiger partial charge on any atom is -0.443 e. The van der Waals surface area contributed by atoms with Crippen molar-refractivity contribution in [1.29, 1.82) is 0 Å². The number of hydrogen-bond donors (Lipinski definition) is 0. The Bertz CT molecular complexity index is 1950. The minimum absolute atomic E-state index is 0.0309. The van der Waals surface area contributed by atoms with Gasteiger partial charge in [0.2, 0.25) is 0 Å². The fourth-order valence-electron chi connectivity index (χ4n) is 5.04. The lowest BCUT2D eigenvalue weighted by Crippen LogP contribution is -2.44. The summed E-state index contributed by atoms with van der Waals surface area (Å²) in [7, 11) is 0. The Morgan fingerprint density at radius 2 is 1.18 bits per heavy atom. The molecule has 0 saturated carbocycles. The van der Waals surface area contributed by atoms with Crippen molar-refractivity contribution in [2.24, 2.45) is 0 Å². The highest BCUT2D eigenvalue weighted by Gasteiger charge is 2.36. The van der Waals surface area contributed by atoms with Gasteiger partial charge in [0, 0.05) is 10.9 Å². The van der Waals surface area contributed by atoms with Crippen molar-refractivity contribution < 1.29 is 38.1 Å². The lowest BCUT2D eigenvalue weighted by atomic mass is 10.1. The second kappa shape index (κ2) is 13.1. The summed E-state index contributed by atoms with van der Waals surface area (Å²) >= 11 is 0. The van der Waals surface area contributed by atoms with E-state index in [2.05, 4.69) is 4.98 Å². The van der Waals surface area contributed by atoms with Crippen LogP contribution in [0.25, 0.3) is 33.3 Å². The number of rotatable bonds is 3. The van der Waals surface area contributed by atoms with Gasteiger partial charge in [-0.05, 0) is 126 Å². The highest BCUT2D eigenvalue weighted by Crippen LogP contribution is 2.37. The van der Waals surface area contributed by atoms with Gasteiger partial charge in [0.25, 0.3) is 0 Å². The summed E-state index contributed by atoms with van der Waals surface area (Å²) < 4.78 is 25.4. The minimum atomic E-state index is -1.06. The first-order valence-electron chi connectivity index (χ1n) is 16.6. The Morgan fingerprint density at radius 1 is 0.680 bits per heavy atom. The van der Waals surface area contributed by atoms with E-state index in [4.69, 9.17) is 23.9 Å². The summed E-state index contributed by atoms with van der Waals surface area (Å²) in [5.74, 6) is -0.0228. The molecule has 50 heavy (non-hydrogen) atoms. The van der Waals surface area contributed by atoms with Crippen LogP contribution in [0.2, 0.25) is 0 Å². The lowest BCUT2D eigenvalue weighted by molar-refractivity contribution is 0.0425. The van der Waals surface area contributed by atoms with Crippen LogP contribution in [0, 0.1) is 6.92 Å². The van der Waals surface area contributed by atoms with Crippen LogP contribution in [0.4, 0.5) is 25.0 Å². The quantitative estimate of drug-likeness (QED) is 0.191. The Labute approximate surface area is 292 Å². The number of amides is 2. The monoisotopic (exact) mass is 691 g/mol. The molecule has 1 aromatic carbocycles. The van der Waals surface area contributed by atoms with Crippen molar-refractivity contribution in [3.8, 4) is 11.3 Å². The molecule has 0 aliphatic heterocycles. The maximum Gasteiger partial charge on any atom is 0.425 e. The molecule has 0 aliphatic rings. The Kier molecular flexibility index (Phi) is 9.90. The van der Waals surface area contributed by atoms with Crippen LogP contribution in [0.3, 0.4) is 0 Å². The highest BCUT2D eigenvalue weighted by molar-refractivity contribution is 6.11. The first kappa shape index (κ1) is 37.9. The van der Waals surface area contributed by atoms with E-state index in [-0.39, 0.29) is 28.4 Å². The largest absolute Gasteiger partial charge is 0.443 e. The molecule has 0 spiro atoms. The topological polar surface area (TPSA) is 144 Å². The number of carbonyl (C=O) groups is 4. The van der Waals surface area contributed by atoms with Gasteiger partial charge < -0.3 is 18.9 Å². The van der Waals surface area contributed by atoms with E-state index in [1.165, 1.54) is 10.6 Å². The molecule has 0 unspecified atom stereocenters. The molecule has 0 aliphatic carbocycles. The van der Waals surface area contributed by atoms with Gasteiger partial charge >= 0.3 is 24.4 Å². The first-order chi connectivity index (χ1) is 22.8. The number of aryl methyl sites for hydroxylation is 2. The Hall–Kier alpha value is -4.94. The third-order valence-electron chi connectivity index (χ3n) is 6.85. The van der Waals surface area contributed by atoms with Crippen LogP contribution in [0.5, 0.6) is 0 Å². The number of pyridine rings is 1. The number of imide groups is 1. The van der Waals surface area contributed by atoms with Gasteiger partial charge in [-0.1, -0.05) is 13.0 Å². The van der Waals surface area contributed by atoms with Crippen molar-refractivity contribution in [2.45, 2.75) is 126 Å². The molecule has 0 atom stereocenters. The molecule has 0 saturated heterocycles. The number of carbonyl (C=O) groups excluding carboxylic acids is 4. The Balaban J connectivity index is 2.16. The van der Waals surface area contributed by atoms with Crippen molar-refractivity contribution in [3.63, 3.8) is 0 Å². The van der Waals surface area contributed by atoms with Gasteiger partial charge in [0.15, 0.2) is 11.5 Å². The third kappa shape index (κ3) is 8.61. The molecule has 0 bridgehead atoms. The maximum absolute atomic E-state index is 14.0. The van der Waals surface area contributed by atoms with Crippen LogP contribution < -0.4 is 4.90 Å². The molecular weight excluding hydrogens is 642 g/mol. The fraction of sp³-hybridized carbons (Fsp3) is 0.514. The van der Waals surface area contributed by atoms with Crippen LogP contribution in [-0.4, -0.2) is 65.9 Å². The molecule has 4 rings (SSSR count). The number of aromatic nitrogens is 4. The van der Waals surface area contributed by atoms with E-state index < -0.39 is 46.8 Å². The van der Waals surface area contributed by atoms with Crippen molar-refractivity contribution in [2.75, 3.05) is 4.90 Å². The number of anilines is 1. The summed E-state index contributed by atoms with van der Waals surface area (Å²) in [5.41, 5.74) is -1.37. The van der Waals surface area contributed by atoms with E-state index in [9.17, 15) is 19.2 Å². The van der Waals surface area contributed by atoms with Gasteiger partial charge in [0.1, 0.15) is 33.7 Å². The predicted octanol–water partition coefficient (Wildman–Crippen LogP) is 9.17. The van der Waals surface area contributed by atoms with E-state index in [0.717, 1.165) is 21.9 Å². The van der Waals surface area contributed by atoms with E-state index in [1.807, 2.05) is 25.1 Å². The zero-order valence-electron chi connectivity index (χ0n) is 31.6. The summed E-state index contributed by atoms with van der Waals surface area (Å²) in [6.07, 6.45) is -2.82. The zero-order valence-corrected chi connectivity index (χ0v) is 31.6. The molecular formula is C37H49N5O8. The van der Waals surface area contributed by atoms with Crippen LogP contribution in [0.15, 0.2) is 30.3 Å². The Morgan fingerprint density at radius 3 is 1.66 bits per heavy atom. The average molecular weight is 692 g/mol. The molecule has 0 N–H and O–H groups in total. The molecule has 0 radical (unpaired) electrons. The smallest absolute Gasteiger partial charge is 0.425 e. The lowest BCUT2D eigenvalue weighted by Gasteiger charge is -2.28. The molecule has 2 amide bonds. The van der Waals surface area contributed by atoms with Crippen LogP contribution in [0.1, 0.15) is 101 Å². The number of hydrogen-bond acceptors (Lipinski definition) is 10. The number of imidazole rings is 1. The normalized spacial score (nSPS) is 12.6. The van der Waals surface area contributed by atoms with Crippen molar-refractivity contribution >= 4 is 52.3 Å². The summed E-state index contributed by atoms with van der Waals surface area (Å²) in [4.78, 5) is 65.2. The van der Waals surface area contributed by atoms with E-state index in [1.54, 1.807) is 96.1 Å². The molecule has 13 heteroatoms. The second-order valence-corrected chi connectivity index (χ2v) is 16.1. The highest BCUT2D eigenvalue weighted by atomic mass is 16.6. The van der Waals surface area contributed by atoms with Gasteiger partial charge in [-0.15, -0.1) is 0 Å². The van der Waals surface area contributed by atoms with Crippen LogP contribution >= 0.6 is 0 Å². The number of benzene rings is 1. The summed E-state index contributed by atoms with van der Waals surface area (Å²) in [5, 5.41) is 0.733. The molecule has 0 fully saturated rings. The molecule has 270 valence electrons. The maximum atomic E-state index is 14.0. The average Bonchev–Trinajstić information content (AvgIpc) is 3.45. The van der Waals surface area contributed by atoms with Crippen LogP contribution in [-0.2, 0) is 25.4 Å². The molecule has 4 aromatic rings. The molecule has 3 aromatic heterocycles. The van der Waals surface area contributed by atoms with Crippen molar-refractivity contribution in [3.05, 3.63) is 41.7 Å². The van der Waals surface area contributed by atoms with Gasteiger partial charge in [-0.2, -0.15) is 4.90 Å². The third-order valence-corrected chi connectivity index (χ3v) is 6.85. The molecule has 3 heterocycles. The second-order valence-electron chi connectivity index (χ2n) is 16.1. The van der Waals surface area contributed by atoms with Gasteiger partial charge in [-0.25, -0.2) is 38.3 Å². The van der Waals surface area contributed by atoms with E-state index >= 15 is 0 Å². The zero-order chi connectivity index (χ0) is 37.7. The van der Waals surface area contributed by atoms with Crippen molar-refractivity contribution in [1.82, 2.24) is 19.1 Å².